The molecule has 1 aliphatic heterocycles. The number of aromatic nitrogens is 1. The second-order valence-electron chi connectivity index (χ2n) is 6.89. The summed E-state index contributed by atoms with van der Waals surface area (Å²) in [4.78, 5) is 15.1. The van der Waals surface area contributed by atoms with Gasteiger partial charge in [0, 0.05) is 36.7 Å². The molecule has 2 aromatic carbocycles. The highest BCUT2D eigenvalue weighted by molar-refractivity contribution is 5.90. The van der Waals surface area contributed by atoms with E-state index in [4.69, 9.17) is 9.47 Å². The van der Waals surface area contributed by atoms with Crippen LogP contribution in [0.4, 0.5) is 10.5 Å². The Balaban J connectivity index is 1.63. The zero-order chi connectivity index (χ0) is 20.2. The molecule has 1 N–H and O–H groups in total. The van der Waals surface area contributed by atoms with Crippen molar-refractivity contribution in [1.29, 1.82) is 0 Å². The van der Waals surface area contributed by atoms with Crippen molar-refractivity contribution in [3.05, 3.63) is 78.1 Å². The Labute approximate surface area is 170 Å². The number of nitrogens with zero attached hydrogens (tertiary/aromatic N) is 2. The molecule has 0 fully saturated rings. The predicted octanol–water partition coefficient (Wildman–Crippen LogP) is 4.53. The van der Waals surface area contributed by atoms with E-state index >= 15 is 0 Å². The lowest BCUT2D eigenvalue weighted by molar-refractivity contribution is 0.182. The summed E-state index contributed by atoms with van der Waals surface area (Å²) in [7, 11) is 1.61. The number of nitrogens with one attached hydrogen (secondary N) is 1. The largest absolute Gasteiger partial charge is 0.497 e. The van der Waals surface area contributed by atoms with Gasteiger partial charge in [-0.1, -0.05) is 18.2 Å². The monoisotopic (exact) mass is 391 g/mol. The number of urea groups is 1. The summed E-state index contributed by atoms with van der Waals surface area (Å²) in [5.74, 6) is 1.54. The first-order valence-corrected chi connectivity index (χ1v) is 9.79. The van der Waals surface area contributed by atoms with Crippen LogP contribution in [-0.4, -0.2) is 35.8 Å². The highest BCUT2D eigenvalue weighted by atomic mass is 16.5. The van der Waals surface area contributed by atoms with Crippen molar-refractivity contribution in [1.82, 2.24) is 9.47 Å². The fraction of sp³-hybridized carbons (Fsp3) is 0.261. The summed E-state index contributed by atoms with van der Waals surface area (Å²) in [5.41, 5.74) is 2.86. The number of anilines is 1. The third-order valence-corrected chi connectivity index (χ3v) is 5.13. The van der Waals surface area contributed by atoms with Gasteiger partial charge in [-0.05, 0) is 48.9 Å². The van der Waals surface area contributed by atoms with Crippen LogP contribution in [-0.2, 0) is 6.54 Å². The van der Waals surface area contributed by atoms with E-state index < -0.39 is 0 Å². The van der Waals surface area contributed by atoms with Crippen LogP contribution in [0.1, 0.15) is 24.2 Å². The van der Waals surface area contributed by atoms with Gasteiger partial charge in [0.2, 0.25) is 0 Å². The van der Waals surface area contributed by atoms with E-state index in [1.165, 1.54) is 0 Å². The van der Waals surface area contributed by atoms with Gasteiger partial charge in [-0.15, -0.1) is 0 Å². The van der Waals surface area contributed by atoms with Crippen molar-refractivity contribution in [3.63, 3.8) is 0 Å². The Morgan fingerprint density at radius 2 is 1.90 bits per heavy atom. The summed E-state index contributed by atoms with van der Waals surface area (Å²) in [6, 6.07) is 19.2. The maximum Gasteiger partial charge on any atom is 0.322 e. The average Bonchev–Trinajstić information content (AvgIpc) is 3.23. The number of ether oxygens (including phenoxy) is 2. The molecule has 0 bridgehead atoms. The number of hydrogen-bond donors (Lipinski definition) is 1. The molecule has 0 saturated heterocycles. The molecule has 1 aromatic heterocycles. The maximum atomic E-state index is 13.2. The van der Waals surface area contributed by atoms with E-state index in [1.807, 2.05) is 66.4 Å². The third kappa shape index (κ3) is 3.92. The van der Waals surface area contributed by atoms with Crippen LogP contribution < -0.4 is 14.8 Å². The lowest BCUT2D eigenvalue weighted by atomic mass is 10.00. The van der Waals surface area contributed by atoms with Crippen molar-refractivity contribution >= 4 is 11.7 Å². The Morgan fingerprint density at radius 1 is 1.07 bits per heavy atom. The molecule has 6 nitrogen and oxygen atoms in total. The first kappa shape index (κ1) is 18.9. The molecule has 6 heteroatoms. The number of hydrogen-bond acceptors (Lipinski definition) is 3. The highest BCUT2D eigenvalue weighted by Crippen LogP contribution is 2.34. The number of rotatable bonds is 5. The summed E-state index contributed by atoms with van der Waals surface area (Å²) < 4.78 is 13.0. The SMILES string of the molecule is CCOc1ccc(C2c3cccn3CCN2C(=O)Nc2cccc(OC)c2)cc1. The molecule has 1 atom stereocenters. The van der Waals surface area contributed by atoms with Crippen LogP contribution in [0.2, 0.25) is 0 Å². The second-order valence-corrected chi connectivity index (χ2v) is 6.89. The zero-order valence-electron chi connectivity index (χ0n) is 16.7. The molecule has 29 heavy (non-hydrogen) atoms. The van der Waals surface area contributed by atoms with Gasteiger partial charge in [-0.2, -0.15) is 0 Å². The Morgan fingerprint density at radius 3 is 2.66 bits per heavy atom. The first-order valence-electron chi connectivity index (χ1n) is 9.79. The van der Waals surface area contributed by atoms with E-state index in [1.54, 1.807) is 7.11 Å². The maximum absolute atomic E-state index is 13.2. The predicted molar refractivity (Wildman–Crippen MR) is 113 cm³/mol. The molecular weight excluding hydrogens is 366 g/mol. The molecule has 0 spiro atoms. The van der Waals surface area contributed by atoms with E-state index in [2.05, 4.69) is 22.1 Å². The average molecular weight is 391 g/mol. The van der Waals surface area contributed by atoms with E-state index in [-0.39, 0.29) is 12.1 Å². The van der Waals surface area contributed by atoms with Gasteiger partial charge in [0.25, 0.3) is 0 Å². The molecule has 4 rings (SSSR count). The smallest absolute Gasteiger partial charge is 0.322 e. The van der Waals surface area contributed by atoms with Crippen molar-refractivity contribution in [3.8, 4) is 11.5 Å². The minimum Gasteiger partial charge on any atom is -0.497 e. The van der Waals surface area contributed by atoms with E-state index in [0.29, 0.717) is 24.6 Å². The van der Waals surface area contributed by atoms with Gasteiger partial charge < -0.3 is 24.3 Å². The van der Waals surface area contributed by atoms with Gasteiger partial charge in [-0.3, -0.25) is 0 Å². The number of amides is 2. The molecule has 0 aliphatic carbocycles. The normalized spacial score (nSPS) is 15.5. The van der Waals surface area contributed by atoms with Gasteiger partial charge in [0.15, 0.2) is 0 Å². The third-order valence-electron chi connectivity index (χ3n) is 5.13. The van der Waals surface area contributed by atoms with Crippen LogP contribution in [0.25, 0.3) is 0 Å². The van der Waals surface area contributed by atoms with Crippen molar-refractivity contribution < 1.29 is 14.3 Å². The van der Waals surface area contributed by atoms with Crippen LogP contribution in [0.15, 0.2) is 66.9 Å². The van der Waals surface area contributed by atoms with Gasteiger partial charge in [0.1, 0.15) is 11.5 Å². The van der Waals surface area contributed by atoms with Crippen LogP contribution in [0, 0.1) is 0 Å². The highest BCUT2D eigenvalue weighted by Gasteiger charge is 2.32. The number of carbonyl (C=O) groups excluding carboxylic acids is 1. The summed E-state index contributed by atoms with van der Waals surface area (Å²) in [6.45, 7) is 3.98. The topological polar surface area (TPSA) is 55.7 Å². The van der Waals surface area contributed by atoms with Crippen molar-refractivity contribution in [2.24, 2.45) is 0 Å². The molecular formula is C23H25N3O3. The second kappa shape index (κ2) is 8.31. The fourth-order valence-corrected chi connectivity index (χ4v) is 3.76. The first-order chi connectivity index (χ1) is 14.2. The molecule has 2 amide bonds. The van der Waals surface area contributed by atoms with Crippen molar-refractivity contribution in [2.75, 3.05) is 25.6 Å². The minimum atomic E-state index is -0.167. The minimum absolute atomic E-state index is 0.135. The van der Waals surface area contributed by atoms with Crippen LogP contribution >= 0.6 is 0 Å². The van der Waals surface area contributed by atoms with E-state index in [0.717, 1.165) is 23.6 Å². The Hall–Kier alpha value is -3.41. The Kier molecular flexibility index (Phi) is 5.42. The van der Waals surface area contributed by atoms with Gasteiger partial charge in [-0.25, -0.2) is 4.79 Å². The lowest BCUT2D eigenvalue weighted by Crippen LogP contribution is -2.44. The fourth-order valence-electron chi connectivity index (χ4n) is 3.76. The summed E-state index contributed by atoms with van der Waals surface area (Å²) in [6.07, 6.45) is 2.06. The summed E-state index contributed by atoms with van der Waals surface area (Å²) in [5, 5.41) is 3.01. The quantitative estimate of drug-likeness (QED) is 0.695. The van der Waals surface area contributed by atoms with Crippen LogP contribution in [0.3, 0.4) is 0 Å². The summed E-state index contributed by atoms with van der Waals surface area (Å²) >= 11 is 0. The Bertz CT molecular complexity index is 981. The van der Waals surface area contributed by atoms with Crippen molar-refractivity contribution in [2.45, 2.75) is 19.5 Å². The molecule has 0 radical (unpaired) electrons. The standard InChI is InChI=1S/C23H25N3O3/c1-3-29-19-11-9-17(10-12-19)22-21-8-5-13-25(21)14-15-26(22)23(27)24-18-6-4-7-20(16-18)28-2/h4-13,16,22H,3,14-15H2,1-2H3,(H,24,27). The van der Waals surface area contributed by atoms with Gasteiger partial charge in [0.05, 0.1) is 19.8 Å². The lowest BCUT2D eigenvalue weighted by Gasteiger charge is -2.37. The number of fused-ring (bicyclic) bond motifs is 1. The molecule has 150 valence electrons. The molecule has 2 heterocycles. The van der Waals surface area contributed by atoms with Crippen LogP contribution in [0.5, 0.6) is 11.5 Å². The number of carbonyl (C=O) groups is 1. The number of methoxy groups -OCH3 is 1. The number of benzene rings is 2. The van der Waals surface area contributed by atoms with Gasteiger partial charge >= 0.3 is 6.03 Å². The zero-order valence-corrected chi connectivity index (χ0v) is 16.7. The molecule has 0 saturated carbocycles. The molecule has 1 aliphatic rings. The van der Waals surface area contributed by atoms with E-state index in [9.17, 15) is 4.79 Å². The molecule has 3 aromatic rings. The molecule has 1 unspecified atom stereocenters.